The topological polar surface area (TPSA) is 12.4 Å². The van der Waals surface area contributed by atoms with Crippen molar-refractivity contribution in [1.29, 1.82) is 0 Å². The van der Waals surface area contributed by atoms with Gasteiger partial charge in [-0.1, -0.05) is 0 Å². The van der Waals surface area contributed by atoms with Gasteiger partial charge in [-0.3, -0.25) is 0 Å². The molecular weight excluding hydrogens is 269 g/mol. The number of nitrogens with zero attached hydrogens (tertiary/aromatic N) is 1. The van der Waals surface area contributed by atoms with E-state index in [0.29, 0.717) is 0 Å². The minimum absolute atomic E-state index is 0.104. The molecule has 1 heterocycles. The van der Waals surface area contributed by atoms with Crippen molar-refractivity contribution in [3.63, 3.8) is 0 Å². The molecule has 1 aliphatic rings. The van der Waals surface area contributed by atoms with Gasteiger partial charge in [-0.05, 0) is 0 Å². The number of rotatable bonds is 1. The summed E-state index contributed by atoms with van der Waals surface area (Å²) in [5.41, 5.74) is 4.03. The van der Waals surface area contributed by atoms with Gasteiger partial charge >= 0.3 is 107 Å². The fourth-order valence-electron chi connectivity index (χ4n) is 2.20. The second-order valence-electron chi connectivity index (χ2n) is 4.33. The predicted molar refractivity (Wildman–Crippen MR) is 72.0 cm³/mol. The molecule has 0 aliphatic carbocycles. The molecule has 2 heteroatoms. The first-order valence-corrected chi connectivity index (χ1v) is 7.81. The number of para-hydroxylation sites is 1. The molecule has 84 valence electrons. The summed E-state index contributed by atoms with van der Waals surface area (Å²) in [5, 5.41) is 1.17. The van der Waals surface area contributed by atoms with Crippen molar-refractivity contribution in [2.24, 2.45) is 4.99 Å². The van der Waals surface area contributed by atoms with E-state index in [9.17, 15) is 0 Å². The normalized spacial score (nSPS) is 13.1. The summed E-state index contributed by atoms with van der Waals surface area (Å²) < 4.78 is 2.89. The molecule has 0 aromatic heterocycles. The molecule has 2 aromatic carbocycles. The first kappa shape index (κ1) is 10.9. The molecule has 0 fully saturated rings. The van der Waals surface area contributed by atoms with Crippen LogP contribution in [0.2, 0.25) is 0 Å². The van der Waals surface area contributed by atoms with E-state index in [-0.39, 0.29) is 15.3 Å². The average Bonchev–Trinajstić information content (AvgIpc) is 2.35. The molecule has 17 heavy (non-hydrogen) atoms. The van der Waals surface area contributed by atoms with Crippen LogP contribution in [0.1, 0.15) is 18.1 Å². The Morgan fingerprint density at radius 3 is 2.82 bits per heavy atom. The van der Waals surface area contributed by atoms with Crippen LogP contribution >= 0.6 is 0 Å². The van der Waals surface area contributed by atoms with Crippen LogP contribution in [-0.2, 0) is 6.42 Å². The Labute approximate surface area is 107 Å². The van der Waals surface area contributed by atoms with Gasteiger partial charge in [-0.15, -0.1) is 0 Å². The molecule has 0 bridgehead atoms. The quantitative estimate of drug-likeness (QED) is 0.607. The monoisotopic (exact) mass is 283 g/mol. The van der Waals surface area contributed by atoms with Gasteiger partial charge in [-0.2, -0.15) is 0 Å². The third-order valence-electron chi connectivity index (χ3n) is 3.18. The van der Waals surface area contributed by atoms with Crippen LogP contribution in [0.15, 0.2) is 41.4 Å². The Balaban J connectivity index is 2.30. The van der Waals surface area contributed by atoms with Crippen LogP contribution in [0.3, 0.4) is 0 Å². The molecule has 1 aliphatic heterocycles. The minimum atomic E-state index is 0.104. The first-order chi connectivity index (χ1) is 8.28. The van der Waals surface area contributed by atoms with Crippen molar-refractivity contribution in [3.05, 3.63) is 56.8 Å². The molecule has 0 unspecified atom stereocenters. The molecule has 2 aromatic rings. The number of hydrogen-bond donors (Lipinski definition) is 0. The van der Waals surface area contributed by atoms with Crippen LogP contribution in [0.5, 0.6) is 0 Å². The van der Waals surface area contributed by atoms with Gasteiger partial charge in [0, 0.05) is 0 Å². The summed E-state index contributed by atoms with van der Waals surface area (Å²) in [6.07, 6.45) is 1.11. The van der Waals surface area contributed by atoms with E-state index in [1.54, 1.807) is 0 Å². The number of hydrogen-bond acceptors (Lipinski definition) is 1. The molecule has 0 amide bonds. The zero-order valence-corrected chi connectivity index (χ0v) is 11.9. The van der Waals surface area contributed by atoms with Gasteiger partial charge in [0.15, 0.2) is 0 Å². The van der Waals surface area contributed by atoms with Crippen molar-refractivity contribution >= 4 is 25.3 Å². The summed E-state index contributed by atoms with van der Waals surface area (Å²) in [5.74, 6) is 0. The average molecular weight is 283 g/mol. The molecule has 1 nitrogen and oxygen atoms in total. The number of fused-ring (bicyclic) bond motifs is 2. The van der Waals surface area contributed by atoms with E-state index in [1.807, 2.05) is 0 Å². The van der Waals surface area contributed by atoms with E-state index >= 15 is 0 Å². The van der Waals surface area contributed by atoms with E-state index in [1.165, 1.54) is 30.5 Å². The van der Waals surface area contributed by atoms with Gasteiger partial charge in [-0.25, -0.2) is 0 Å². The summed E-state index contributed by atoms with van der Waals surface area (Å²) >= 11 is 0.104. The Kier molecular flexibility index (Phi) is 2.72. The van der Waals surface area contributed by atoms with Gasteiger partial charge in [0.1, 0.15) is 0 Å². The predicted octanol–water partition coefficient (Wildman–Crippen LogP) is 2.10. The fourth-order valence-corrected chi connectivity index (χ4v) is 4.52. The van der Waals surface area contributed by atoms with Crippen molar-refractivity contribution in [1.82, 2.24) is 0 Å². The molecule has 0 atom stereocenters. The Morgan fingerprint density at radius 1 is 1.18 bits per heavy atom. The Bertz CT molecular complexity index is 701. The Hall–Kier alpha value is -1.20. The van der Waals surface area contributed by atoms with Gasteiger partial charge < -0.3 is 0 Å². The second kappa shape index (κ2) is 4.23. The van der Waals surface area contributed by atoms with E-state index in [0.717, 1.165) is 6.42 Å². The summed E-state index contributed by atoms with van der Waals surface area (Å²) in [6, 6.07) is 13.1. The zero-order chi connectivity index (χ0) is 11.8. The summed E-state index contributed by atoms with van der Waals surface area (Å²) in [7, 11) is 0. The van der Waals surface area contributed by atoms with Crippen LogP contribution in [0, 0.1) is 10.9 Å². The SMILES string of the molecule is CCc1cc2c(cc1C)N=c1ccccc1=[As]2. The molecule has 0 spiro atoms. The maximum absolute atomic E-state index is 4.77. The standard InChI is InChI=1S/C15H14AsN/c1-3-11-9-13-15(8-10(11)2)17-14-7-5-4-6-12(14)16-13/h4-9H,3H2,1-2H3. The third kappa shape index (κ3) is 1.89. The van der Waals surface area contributed by atoms with Gasteiger partial charge in [0.2, 0.25) is 0 Å². The summed E-state index contributed by atoms with van der Waals surface area (Å²) in [6.45, 7) is 4.41. The van der Waals surface area contributed by atoms with Crippen molar-refractivity contribution in [3.8, 4) is 0 Å². The van der Waals surface area contributed by atoms with Crippen LogP contribution in [0.25, 0.3) is 0 Å². The van der Waals surface area contributed by atoms with Crippen molar-refractivity contribution in [2.75, 3.05) is 0 Å². The molecule has 0 radical (unpaired) electrons. The van der Waals surface area contributed by atoms with Crippen molar-refractivity contribution in [2.45, 2.75) is 20.3 Å². The molecule has 0 N–H and O–H groups in total. The van der Waals surface area contributed by atoms with Crippen LogP contribution in [0.4, 0.5) is 5.69 Å². The fraction of sp³-hybridized carbons (Fsp3) is 0.200. The van der Waals surface area contributed by atoms with E-state index in [2.05, 4.69) is 50.2 Å². The Morgan fingerprint density at radius 2 is 2.00 bits per heavy atom. The molecule has 0 saturated carbocycles. The van der Waals surface area contributed by atoms with Gasteiger partial charge in [0.05, 0.1) is 0 Å². The van der Waals surface area contributed by atoms with E-state index < -0.39 is 0 Å². The third-order valence-corrected chi connectivity index (χ3v) is 5.73. The second-order valence-corrected chi connectivity index (χ2v) is 6.82. The first-order valence-electron chi connectivity index (χ1n) is 5.94. The van der Waals surface area contributed by atoms with Crippen LogP contribution in [-0.4, -0.2) is 15.3 Å². The molecular formula is C15H14AsN. The number of aryl methyl sites for hydroxylation is 2. The van der Waals surface area contributed by atoms with Crippen molar-refractivity contribution < 1.29 is 0 Å². The maximum atomic E-state index is 4.77. The zero-order valence-electron chi connectivity index (χ0n) is 10.1. The molecule has 3 rings (SSSR count). The van der Waals surface area contributed by atoms with E-state index in [4.69, 9.17) is 4.99 Å². The summed E-state index contributed by atoms with van der Waals surface area (Å²) in [4.78, 5) is 4.77. The van der Waals surface area contributed by atoms with Gasteiger partial charge in [0.25, 0.3) is 0 Å². The van der Waals surface area contributed by atoms with Crippen LogP contribution < -0.4 is 9.71 Å². The molecule has 0 saturated heterocycles. The number of benzene rings is 2.